The summed E-state index contributed by atoms with van der Waals surface area (Å²) in [4.78, 5) is 26.8. The van der Waals surface area contributed by atoms with Crippen LogP contribution in [0.3, 0.4) is 0 Å². The van der Waals surface area contributed by atoms with Gasteiger partial charge in [0.1, 0.15) is 11.5 Å². The Morgan fingerprint density at radius 1 is 0.967 bits per heavy atom. The second-order valence-corrected chi connectivity index (χ2v) is 7.35. The zero-order chi connectivity index (χ0) is 20.9. The molecule has 1 fully saturated rings. The molecule has 0 saturated carbocycles. The minimum absolute atomic E-state index is 0.0222. The third-order valence-electron chi connectivity index (χ3n) is 5.25. The van der Waals surface area contributed by atoms with E-state index >= 15 is 0 Å². The van der Waals surface area contributed by atoms with Gasteiger partial charge in [0.2, 0.25) is 11.8 Å². The molecule has 3 aromatic rings. The highest BCUT2D eigenvalue weighted by atomic mass is 16.5. The number of nitrogens with zero attached hydrogens (tertiary/aromatic N) is 1. The first-order valence-electron chi connectivity index (χ1n) is 10.2. The van der Waals surface area contributed by atoms with Gasteiger partial charge in [-0.2, -0.15) is 0 Å². The maximum Gasteiger partial charge on any atom is 0.229 e. The van der Waals surface area contributed by atoms with E-state index in [4.69, 9.17) is 4.74 Å². The predicted molar refractivity (Wildman–Crippen MR) is 118 cm³/mol. The van der Waals surface area contributed by atoms with Crippen LogP contribution in [0.1, 0.15) is 18.9 Å². The summed E-state index contributed by atoms with van der Waals surface area (Å²) in [6.07, 6.45) is 1.17. The number of para-hydroxylation sites is 1. The van der Waals surface area contributed by atoms with Gasteiger partial charge in [-0.05, 0) is 60.5 Å². The topological polar surface area (TPSA) is 58.6 Å². The third kappa shape index (κ3) is 4.51. The summed E-state index contributed by atoms with van der Waals surface area (Å²) in [5.41, 5.74) is 2.74. The highest BCUT2D eigenvalue weighted by molar-refractivity contribution is 6.03. The molecule has 30 heavy (non-hydrogen) atoms. The zero-order valence-corrected chi connectivity index (χ0v) is 16.9. The molecule has 152 valence electrons. The van der Waals surface area contributed by atoms with Gasteiger partial charge >= 0.3 is 0 Å². The predicted octanol–water partition coefficient (Wildman–Crippen LogP) is 5.03. The van der Waals surface area contributed by atoms with Gasteiger partial charge in [0.15, 0.2) is 0 Å². The molecule has 0 spiro atoms. The van der Waals surface area contributed by atoms with E-state index in [1.165, 1.54) is 5.56 Å². The molecule has 0 bridgehead atoms. The van der Waals surface area contributed by atoms with Gasteiger partial charge in [0, 0.05) is 24.3 Å². The lowest BCUT2D eigenvalue weighted by atomic mass is 10.1. The number of anilines is 2. The SMILES string of the molecule is CCc1ccc(N2C[C@@H](C(=O)Nc3ccc(Oc4ccccc4)cc3)CC2=O)cc1. The van der Waals surface area contributed by atoms with Gasteiger partial charge in [-0.3, -0.25) is 9.59 Å². The third-order valence-corrected chi connectivity index (χ3v) is 5.25. The normalized spacial score (nSPS) is 15.8. The number of rotatable bonds is 6. The van der Waals surface area contributed by atoms with Gasteiger partial charge in [-0.25, -0.2) is 0 Å². The van der Waals surface area contributed by atoms with Gasteiger partial charge in [-0.15, -0.1) is 0 Å². The quantitative estimate of drug-likeness (QED) is 0.631. The number of amides is 2. The lowest BCUT2D eigenvalue weighted by molar-refractivity contribution is -0.122. The second-order valence-electron chi connectivity index (χ2n) is 7.35. The highest BCUT2D eigenvalue weighted by Crippen LogP contribution is 2.27. The Balaban J connectivity index is 1.36. The van der Waals surface area contributed by atoms with E-state index in [2.05, 4.69) is 12.2 Å². The van der Waals surface area contributed by atoms with Crippen LogP contribution in [0.25, 0.3) is 0 Å². The number of ether oxygens (including phenoxy) is 1. The molecule has 4 rings (SSSR count). The van der Waals surface area contributed by atoms with E-state index in [1.807, 2.05) is 66.7 Å². The molecule has 1 N–H and O–H groups in total. The first kappa shape index (κ1) is 19.7. The van der Waals surface area contributed by atoms with Crippen LogP contribution < -0.4 is 15.0 Å². The Hall–Kier alpha value is -3.60. The van der Waals surface area contributed by atoms with Gasteiger partial charge in [0.25, 0.3) is 0 Å². The Labute approximate surface area is 176 Å². The molecule has 2 amide bonds. The standard InChI is InChI=1S/C25H24N2O3/c1-2-18-8-12-21(13-9-18)27-17-19(16-24(27)28)25(29)26-20-10-14-23(15-11-20)30-22-6-4-3-5-7-22/h3-15,19H,2,16-17H2,1H3,(H,26,29)/t19-/m0/s1. The summed E-state index contributed by atoms with van der Waals surface area (Å²) < 4.78 is 5.77. The minimum atomic E-state index is -0.372. The molecule has 3 aromatic carbocycles. The molecule has 0 aliphatic carbocycles. The monoisotopic (exact) mass is 400 g/mol. The highest BCUT2D eigenvalue weighted by Gasteiger charge is 2.35. The second kappa shape index (κ2) is 8.82. The van der Waals surface area contributed by atoms with Crippen LogP contribution in [0.2, 0.25) is 0 Å². The van der Waals surface area contributed by atoms with Crippen LogP contribution in [0.4, 0.5) is 11.4 Å². The molecule has 1 aliphatic rings. The summed E-state index contributed by atoms with van der Waals surface area (Å²) >= 11 is 0. The van der Waals surface area contributed by atoms with Crippen LogP contribution in [-0.2, 0) is 16.0 Å². The number of nitrogens with one attached hydrogen (secondary N) is 1. The largest absolute Gasteiger partial charge is 0.457 e. The van der Waals surface area contributed by atoms with Crippen molar-refractivity contribution in [2.45, 2.75) is 19.8 Å². The molecule has 1 atom stereocenters. The van der Waals surface area contributed by atoms with Crippen LogP contribution >= 0.6 is 0 Å². The molecule has 0 aromatic heterocycles. The molecule has 1 aliphatic heterocycles. The number of hydrogen-bond donors (Lipinski definition) is 1. The number of aryl methyl sites for hydroxylation is 1. The van der Waals surface area contributed by atoms with Gasteiger partial charge in [0.05, 0.1) is 5.92 Å². The van der Waals surface area contributed by atoms with Crippen molar-refractivity contribution >= 4 is 23.2 Å². The van der Waals surface area contributed by atoms with E-state index in [0.29, 0.717) is 18.0 Å². The molecule has 0 unspecified atom stereocenters. The lowest BCUT2D eigenvalue weighted by Gasteiger charge is -2.17. The Morgan fingerprint density at radius 2 is 1.63 bits per heavy atom. The van der Waals surface area contributed by atoms with Crippen LogP contribution in [0, 0.1) is 5.92 Å². The number of carbonyl (C=O) groups is 2. The van der Waals surface area contributed by atoms with Gasteiger partial charge < -0.3 is 15.0 Å². The molecular weight excluding hydrogens is 376 g/mol. The first-order chi connectivity index (χ1) is 14.6. The maximum atomic E-state index is 12.7. The van der Waals surface area contributed by atoms with Crippen molar-refractivity contribution < 1.29 is 14.3 Å². The van der Waals surface area contributed by atoms with Crippen LogP contribution in [0.5, 0.6) is 11.5 Å². The minimum Gasteiger partial charge on any atom is -0.457 e. The Morgan fingerprint density at radius 3 is 2.30 bits per heavy atom. The van der Waals surface area contributed by atoms with Crippen molar-refractivity contribution in [1.29, 1.82) is 0 Å². The average Bonchev–Trinajstić information content (AvgIpc) is 3.18. The zero-order valence-electron chi connectivity index (χ0n) is 16.9. The van der Waals surface area contributed by atoms with Crippen LogP contribution in [-0.4, -0.2) is 18.4 Å². The fourth-order valence-corrected chi connectivity index (χ4v) is 3.52. The lowest BCUT2D eigenvalue weighted by Crippen LogP contribution is -2.28. The van der Waals surface area contributed by atoms with Crippen molar-refractivity contribution in [3.05, 3.63) is 84.4 Å². The molecule has 1 saturated heterocycles. The molecule has 1 heterocycles. The first-order valence-corrected chi connectivity index (χ1v) is 10.2. The van der Waals surface area contributed by atoms with Crippen molar-refractivity contribution in [3.63, 3.8) is 0 Å². The van der Waals surface area contributed by atoms with Crippen LogP contribution in [0.15, 0.2) is 78.9 Å². The van der Waals surface area contributed by atoms with E-state index < -0.39 is 0 Å². The fourth-order valence-electron chi connectivity index (χ4n) is 3.52. The van der Waals surface area contributed by atoms with E-state index in [-0.39, 0.29) is 24.2 Å². The summed E-state index contributed by atoms with van der Waals surface area (Å²) in [6.45, 7) is 2.49. The van der Waals surface area contributed by atoms with E-state index in [9.17, 15) is 9.59 Å². The fraction of sp³-hybridized carbons (Fsp3) is 0.200. The van der Waals surface area contributed by atoms with Crippen molar-refractivity contribution in [3.8, 4) is 11.5 Å². The smallest absolute Gasteiger partial charge is 0.229 e. The van der Waals surface area contributed by atoms with Gasteiger partial charge in [-0.1, -0.05) is 37.3 Å². The van der Waals surface area contributed by atoms with Crippen molar-refractivity contribution in [2.24, 2.45) is 5.92 Å². The maximum absolute atomic E-state index is 12.7. The molecule has 5 nitrogen and oxygen atoms in total. The Bertz CT molecular complexity index is 1010. The Kier molecular flexibility index (Phi) is 5.80. The van der Waals surface area contributed by atoms with Crippen molar-refractivity contribution in [2.75, 3.05) is 16.8 Å². The summed E-state index contributed by atoms with van der Waals surface area (Å²) in [7, 11) is 0. The number of carbonyl (C=O) groups excluding carboxylic acids is 2. The molecular formula is C25H24N2O3. The number of benzene rings is 3. The molecule has 5 heteroatoms. The molecule has 0 radical (unpaired) electrons. The number of hydrogen-bond acceptors (Lipinski definition) is 3. The van der Waals surface area contributed by atoms with E-state index in [0.717, 1.165) is 17.9 Å². The summed E-state index contributed by atoms with van der Waals surface area (Å²) in [6, 6.07) is 24.7. The van der Waals surface area contributed by atoms with Crippen molar-refractivity contribution in [1.82, 2.24) is 0 Å². The summed E-state index contributed by atoms with van der Waals surface area (Å²) in [5, 5.41) is 2.91. The average molecular weight is 400 g/mol. The summed E-state index contributed by atoms with van der Waals surface area (Å²) in [5.74, 6) is 0.908. The van der Waals surface area contributed by atoms with E-state index in [1.54, 1.807) is 17.0 Å².